The van der Waals surface area contributed by atoms with Gasteiger partial charge in [0.05, 0.1) is 23.5 Å². The number of carbonyl (C=O) groups is 2. The summed E-state index contributed by atoms with van der Waals surface area (Å²) in [6.45, 7) is 1.68. The second-order valence-corrected chi connectivity index (χ2v) is 5.86. The summed E-state index contributed by atoms with van der Waals surface area (Å²) in [6, 6.07) is 4.16. The Hall–Kier alpha value is -2.64. The molecule has 0 heterocycles. The smallest absolute Gasteiger partial charge is 0.309 e. The minimum absolute atomic E-state index is 0.0344. The Morgan fingerprint density at radius 2 is 2.00 bits per heavy atom. The van der Waals surface area contributed by atoms with Crippen LogP contribution >= 0.6 is 0 Å². The van der Waals surface area contributed by atoms with E-state index in [0.29, 0.717) is 12.4 Å². The highest BCUT2D eigenvalue weighted by molar-refractivity contribution is 5.95. The van der Waals surface area contributed by atoms with Crippen LogP contribution in [0.25, 0.3) is 0 Å². The lowest BCUT2D eigenvalue weighted by Crippen LogP contribution is -2.26. The van der Waals surface area contributed by atoms with Gasteiger partial charge in [0.25, 0.3) is 11.6 Å². The van der Waals surface area contributed by atoms with Gasteiger partial charge in [0.1, 0.15) is 11.4 Å². The molecule has 0 unspecified atom stereocenters. The predicted octanol–water partition coefficient (Wildman–Crippen LogP) is 3.06. The van der Waals surface area contributed by atoms with Crippen molar-refractivity contribution in [3.8, 4) is 5.75 Å². The maximum Gasteiger partial charge on any atom is 0.309 e. The molecule has 8 nitrogen and oxygen atoms in total. The van der Waals surface area contributed by atoms with Crippen LogP contribution in [0.2, 0.25) is 0 Å². The van der Waals surface area contributed by atoms with Gasteiger partial charge in [0, 0.05) is 0 Å². The summed E-state index contributed by atoms with van der Waals surface area (Å²) in [5.41, 5.74) is -0.245. The monoisotopic (exact) mass is 350 g/mol. The molecule has 1 saturated carbocycles. The van der Waals surface area contributed by atoms with Crippen LogP contribution in [0.4, 0.5) is 11.4 Å². The Kier molecular flexibility index (Phi) is 6.73. The van der Waals surface area contributed by atoms with Crippen LogP contribution in [-0.4, -0.2) is 30.0 Å². The van der Waals surface area contributed by atoms with Gasteiger partial charge in [0.2, 0.25) is 0 Å². The fourth-order valence-electron chi connectivity index (χ4n) is 2.80. The van der Waals surface area contributed by atoms with Gasteiger partial charge in [-0.1, -0.05) is 19.3 Å². The van der Waals surface area contributed by atoms with Crippen molar-refractivity contribution in [2.75, 3.05) is 18.5 Å². The number of anilines is 1. The summed E-state index contributed by atoms with van der Waals surface area (Å²) >= 11 is 0. The van der Waals surface area contributed by atoms with Crippen LogP contribution in [0.15, 0.2) is 18.2 Å². The van der Waals surface area contributed by atoms with Crippen molar-refractivity contribution in [3.63, 3.8) is 0 Å². The Labute approximate surface area is 145 Å². The lowest BCUT2D eigenvalue weighted by molar-refractivity contribution is -0.384. The van der Waals surface area contributed by atoms with Crippen molar-refractivity contribution in [1.82, 2.24) is 0 Å². The summed E-state index contributed by atoms with van der Waals surface area (Å²) in [5, 5.41) is 13.6. The van der Waals surface area contributed by atoms with Crippen LogP contribution in [0, 0.1) is 16.0 Å². The summed E-state index contributed by atoms with van der Waals surface area (Å²) in [6.07, 6.45) is 4.66. The first-order chi connectivity index (χ1) is 12.0. The van der Waals surface area contributed by atoms with E-state index >= 15 is 0 Å². The minimum Gasteiger partial charge on any atom is -0.494 e. The first-order valence-corrected chi connectivity index (χ1v) is 8.39. The fraction of sp³-hybridized carbons (Fsp3) is 0.529. The number of hydrogen-bond donors (Lipinski definition) is 1. The molecule has 1 amide bonds. The van der Waals surface area contributed by atoms with E-state index in [2.05, 4.69) is 5.32 Å². The van der Waals surface area contributed by atoms with Gasteiger partial charge in [-0.2, -0.15) is 0 Å². The number of nitro groups is 1. The Morgan fingerprint density at radius 1 is 1.28 bits per heavy atom. The molecule has 0 spiro atoms. The highest BCUT2D eigenvalue weighted by Gasteiger charge is 2.24. The SMILES string of the molecule is CCOc1ccc(NC(=O)COC(=O)C2CCCCC2)c([N+](=O)[O-])c1. The topological polar surface area (TPSA) is 108 Å². The van der Waals surface area contributed by atoms with Gasteiger partial charge in [-0.05, 0) is 31.9 Å². The zero-order valence-corrected chi connectivity index (χ0v) is 14.2. The molecule has 1 aliphatic carbocycles. The van der Waals surface area contributed by atoms with Crippen molar-refractivity contribution in [1.29, 1.82) is 0 Å². The molecule has 2 rings (SSSR count). The van der Waals surface area contributed by atoms with Gasteiger partial charge >= 0.3 is 5.97 Å². The van der Waals surface area contributed by atoms with Gasteiger partial charge in [-0.25, -0.2) is 0 Å². The van der Waals surface area contributed by atoms with Crippen LogP contribution in [0.3, 0.4) is 0 Å². The van der Waals surface area contributed by atoms with Crippen molar-refractivity contribution in [3.05, 3.63) is 28.3 Å². The van der Waals surface area contributed by atoms with Gasteiger partial charge in [-0.3, -0.25) is 19.7 Å². The van der Waals surface area contributed by atoms with Crippen molar-refractivity contribution < 1.29 is 24.0 Å². The first-order valence-electron chi connectivity index (χ1n) is 8.39. The van der Waals surface area contributed by atoms with Crippen molar-refractivity contribution in [2.24, 2.45) is 5.92 Å². The summed E-state index contributed by atoms with van der Waals surface area (Å²) < 4.78 is 10.2. The Morgan fingerprint density at radius 3 is 2.64 bits per heavy atom. The third-order valence-corrected chi connectivity index (χ3v) is 4.04. The lowest BCUT2D eigenvalue weighted by Gasteiger charge is -2.19. The van der Waals surface area contributed by atoms with Crippen LogP contribution in [0.1, 0.15) is 39.0 Å². The molecule has 1 aliphatic rings. The van der Waals surface area contributed by atoms with E-state index in [0.717, 1.165) is 32.1 Å². The fourth-order valence-corrected chi connectivity index (χ4v) is 2.80. The molecule has 1 N–H and O–H groups in total. The van der Waals surface area contributed by atoms with Crippen molar-refractivity contribution in [2.45, 2.75) is 39.0 Å². The normalized spacial score (nSPS) is 14.6. The number of nitro benzene ring substituents is 1. The molecular formula is C17H22N2O6. The number of carbonyl (C=O) groups excluding carboxylic acids is 2. The molecule has 0 aliphatic heterocycles. The van der Waals surface area contributed by atoms with Crippen molar-refractivity contribution >= 4 is 23.3 Å². The number of rotatable bonds is 7. The van der Waals surface area contributed by atoms with E-state index in [9.17, 15) is 19.7 Å². The average Bonchev–Trinajstić information content (AvgIpc) is 2.61. The number of nitrogens with one attached hydrogen (secondary N) is 1. The Balaban J connectivity index is 1.93. The summed E-state index contributed by atoms with van der Waals surface area (Å²) in [5.74, 6) is -0.801. The highest BCUT2D eigenvalue weighted by Crippen LogP contribution is 2.29. The van der Waals surface area contributed by atoms with E-state index in [-0.39, 0.29) is 23.3 Å². The molecular weight excluding hydrogens is 328 g/mol. The molecule has 0 saturated heterocycles. The van der Waals surface area contributed by atoms with E-state index in [4.69, 9.17) is 9.47 Å². The number of ether oxygens (including phenoxy) is 2. The molecule has 1 aromatic carbocycles. The van der Waals surface area contributed by atoms with Gasteiger partial charge in [-0.15, -0.1) is 0 Å². The van der Waals surface area contributed by atoms with Crippen LogP contribution in [0.5, 0.6) is 5.75 Å². The number of amides is 1. The molecule has 0 radical (unpaired) electrons. The lowest BCUT2D eigenvalue weighted by atomic mass is 9.89. The second-order valence-electron chi connectivity index (χ2n) is 5.86. The number of hydrogen-bond acceptors (Lipinski definition) is 6. The predicted molar refractivity (Wildman–Crippen MR) is 90.4 cm³/mol. The molecule has 136 valence electrons. The third kappa shape index (κ3) is 5.44. The van der Waals surface area contributed by atoms with E-state index in [1.54, 1.807) is 6.92 Å². The average molecular weight is 350 g/mol. The van der Waals surface area contributed by atoms with Gasteiger partial charge < -0.3 is 14.8 Å². The van der Waals surface area contributed by atoms with E-state index in [1.807, 2.05) is 0 Å². The zero-order chi connectivity index (χ0) is 18.2. The number of esters is 1. The molecule has 1 fully saturated rings. The number of benzene rings is 1. The molecule has 25 heavy (non-hydrogen) atoms. The summed E-state index contributed by atoms with van der Waals surface area (Å²) in [4.78, 5) is 34.4. The number of nitrogens with zero attached hydrogens (tertiary/aromatic N) is 1. The Bertz CT molecular complexity index is 640. The molecule has 0 aromatic heterocycles. The third-order valence-electron chi connectivity index (χ3n) is 4.04. The molecule has 1 aromatic rings. The quantitative estimate of drug-likeness (QED) is 0.460. The standard InChI is InChI=1S/C17H22N2O6/c1-2-24-13-8-9-14(15(10-13)19(22)23)18-16(20)11-25-17(21)12-6-4-3-5-7-12/h8-10,12H,2-7,11H2,1H3,(H,18,20). The largest absolute Gasteiger partial charge is 0.494 e. The van der Waals surface area contributed by atoms with E-state index in [1.165, 1.54) is 18.2 Å². The van der Waals surface area contributed by atoms with E-state index < -0.39 is 17.4 Å². The maximum atomic E-state index is 11.9. The molecule has 0 bridgehead atoms. The molecule has 8 heteroatoms. The second kappa shape index (κ2) is 9.00. The first kappa shape index (κ1) is 18.7. The maximum absolute atomic E-state index is 11.9. The zero-order valence-electron chi connectivity index (χ0n) is 14.2. The van der Waals surface area contributed by atoms with Crippen LogP contribution < -0.4 is 10.1 Å². The van der Waals surface area contributed by atoms with Crippen LogP contribution in [-0.2, 0) is 14.3 Å². The molecule has 0 atom stereocenters. The highest BCUT2D eigenvalue weighted by atomic mass is 16.6. The minimum atomic E-state index is -0.614. The summed E-state index contributed by atoms with van der Waals surface area (Å²) in [7, 11) is 0. The van der Waals surface area contributed by atoms with Gasteiger partial charge in [0.15, 0.2) is 6.61 Å².